The maximum absolute atomic E-state index is 12.2. The fourth-order valence-electron chi connectivity index (χ4n) is 6.96. The first kappa shape index (κ1) is 58.8. The van der Waals surface area contributed by atoms with Crippen molar-refractivity contribution in [2.75, 3.05) is 19.6 Å². The van der Waals surface area contributed by atoms with E-state index in [0.717, 1.165) is 16.9 Å². The van der Waals surface area contributed by atoms with Crippen molar-refractivity contribution in [2.24, 2.45) is 46.3 Å². The first-order valence-electron chi connectivity index (χ1n) is 21.1. The summed E-state index contributed by atoms with van der Waals surface area (Å²) in [5, 5.41) is 30.0. The predicted octanol–water partition coefficient (Wildman–Crippen LogP) is 4.92. The fourth-order valence-corrected chi connectivity index (χ4v) is 6.96. The lowest BCUT2D eigenvalue weighted by Gasteiger charge is -2.22. The van der Waals surface area contributed by atoms with Crippen LogP contribution in [0.2, 0.25) is 0 Å². The summed E-state index contributed by atoms with van der Waals surface area (Å²) in [4.78, 5) is 63.0. The first-order chi connectivity index (χ1) is 31.6. The van der Waals surface area contributed by atoms with E-state index in [4.69, 9.17) is 31.7 Å². The molecule has 0 spiro atoms. The Morgan fingerprint density at radius 3 is 2.01 bits per heavy atom. The standard InChI is InChI=1S/C13H19N5O.C12H8N4O2.C11H15F3N2O2.C5H9FO.C4H10.CH2O/c1-8(2)10(5-15)11-9(4-14)3-13(6-16,12(11)17)18-7-19;13-5-10(14-7-17)9-6-15-16-3-1-8-2-4-18-12(8)11(9)16;1-10(2)6-4-16(5-7(6)10)8(17)3-15-9(18)11(12,13)14;1-4(7)5(2,3)6;1-4(2)3;1-2/h4-5,7-8H,3,14-15,17H2,1-2H3,(H,18,19);1-4,6-7,10H,(H,14,17);6-7H,3-5H2,1-2H3,(H,15,18);1-3H3;4H,1-3H3;1H2/b9-4-,10-5-;;;;;/t;;6-,7?;;;/m..1.../s1. The smallest absolute Gasteiger partial charge is 0.462 e. The van der Waals surface area contributed by atoms with Crippen LogP contribution in [0.15, 0.2) is 70.0 Å². The Bertz CT molecular complexity index is 2400. The fraction of sp³-hybridized carbons (Fsp3) is 0.500. The van der Waals surface area contributed by atoms with E-state index >= 15 is 0 Å². The number of allylic oxidation sites excluding steroid dienone is 2. The molecule has 4 amide bonds. The number of nitrogens with zero attached hydrogens (tertiary/aromatic N) is 5. The molecule has 6 rings (SSSR count). The number of nitrogens with one attached hydrogen (secondary N) is 3. The molecule has 2 aliphatic carbocycles. The number of piperidine rings is 1. The number of likely N-dealkylation sites (tertiary alicyclic amines) is 1. The van der Waals surface area contributed by atoms with Crippen molar-refractivity contribution in [2.45, 2.75) is 99.1 Å². The Hall–Kier alpha value is -7.23. The topological polar surface area (TPSA) is 298 Å². The molecule has 1 saturated heterocycles. The van der Waals surface area contributed by atoms with Gasteiger partial charge in [-0.2, -0.15) is 28.8 Å². The number of alkyl halides is 4. The van der Waals surface area contributed by atoms with Crippen LogP contribution in [0.5, 0.6) is 0 Å². The second kappa shape index (κ2) is 25.1. The van der Waals surface area contributed by atoms with E-state index in [0.29, 0.717) is 65.6 Å². The molecule has 3 aliphatic rings. The van der Waals surface area contributed by atoms with Crippen molar-refractivity contribution in [3.05, 3.63) is 71.2 Å². The molecule has 22 heteroatoms. The van der Waals surface area contributed by atoms with Gasteiger partial charge in [-0.1, -0.05) is 48.5 Å². The second-order valence-electron chi connectivity index (χ2n) is 17.7. The van der Waals surface area contributed by atoms with Crippen LogP contribution >= 0.6 is 0 Å². The molecule has 372 valence electrons. The molecule has 3 unspecified atom stereocenters. The second-order valence-corrected chi connectivity index (χ2v) is 17.7. The number of hydrogen-bond acceptors (Lipinski definition) is 13. The number of carbonyl (C=O) groups excluding carboxylic acids is 6. The molecule has 3 aromatic heterocycles. The number of amides is 4. The maximum Gasteiger partial charge on any atom is 0.471 e. The van der Waals surface area contributed by atoms with E-state index in [1.54, 1.807) is 28.5 Å². The highest BCUT2D eigenvalue weighted by Crippen LogP contribution is 2.61. The molecule has 4 heterocycles. The highest BCUT2D eigenvalue weighted by molar-refractivity contribution is 5.93. The summed E-state index contributed by atoms with van der Waals surface area (Å²) in [6, 6.07) is 7.03. The quantitative estimate of drug-likeness (QED) is 0.116. The van der Waals surface area contributed by atoms with Gasteiger partial charge in [0, 0.05) is 42.2 Å². The van der Waals surface area contributed by atoms with Crippen LogP contribution in [0.1, 0.15) is 87.3 Å². The Labute approximate surface area is 393 Å². The van der Waals surface area contributed by atoms with Crippen LogP contribution in [0, 0.1) is 51.7 Å². The van der Waals surface area contributed by atoms with Crippen molar-refractivity contribution >= 4 is 53.7 Å². The third-order valence-corrected chi connectivity index (χ3v) is 11.1. The molecule has 0 radical (unpaired) electrons. The Morgan fingerprint density at radius 1 is 1.03 bits per heavy atom. The van der Waals surface area contributed by atoms with Gasteiger partial charge in [-0.25, -0.2) is 8.91 Å². The van der Waals surface area contributed by atoms with Crippen molar-refractivity contribution in [3.8, 4) is 12.1 Å². The number of rotatable bonds is 10. The largest absolute Gasteiger partial charge is 0.471 e. The molecule has 1 saturated carbocycles. The molecule has 0 bridgehead atoms. The average molecular weight is 958 g/mol. The van der Waals surface area contributed by atoms with Crippen molar-refractivity contribution in [3.63, 3.8) is 0 Å². The van der Waals surface area contributed by atoms with Crippen molar-refractivity contribution in [1.82, 2.24) is 30.5 Å². The number of nitriles is 2. The van der Waals surface area contributed by atoms with Gasteiger partial charge in [-0.3, -0.25) is 24.0 Å². The molecule has 2 fully saturated rings. The number of aromatic nitrogens is 2. The number of furan rings is 1. The van der Waals surface area contributed by atoms with E-state index in [2.05, 4.69) is 56.4 Å². The maximum atomic E-state index is 12.2. The van der Waals surface area contributed by atoms with Gasteiger partial charge in [-0.15, -0.1) is 0 Å². The van der Waals surface area contributed by atoms with Gasteiger partial charge in [0.1, 0.15) is 18.3 Å². The lowest BCUT2D eigenvalue weighted by Crippen LogP contribution is -2.45. The van der Waals surface area contributed by atoms with Crippen LogP contribution < -0.4 is 33.2 Å². The van der Waals surface area contributed by atoms with E-state index in [1.165, 1.54) is 38.1 Å². The number of carbonyl (C=O) groups is 6. The molecule has 0 aromatic carbocycles. The van der Waals surface area contributed by atoms with Gasteiger partial charge in [0.05, 0.1) is 36.8 Å². The van der Waals surface area contributed by atoms with Crippen LogP contribution in [0.25, 0.3) is 16.5 Å². The molecular formula is C46H63F4N11O7. The molecular weight excluding hydrogens is 895 g/mol. The number of fused-ring (bicyclic) bond motifs is 4. The summed E-state index contributed by atoms with van der Waals surface area (Å²) in [6.07, 6.45) is 4.06. The SMILES string of the molecule is C=O.CC(=O)C(C)(C)F.CC(C)/C(=C/N)C1=C(N)C(C#N)(NC=O)C/C1=C/N.CC(C)C.CC1(C)C2CN(C(=O)CNC(=O)C(F)(F)F)C[C@H]21.N#CC(NC=O)c1cnn2ccc3ccoc3c12. The summed E-state index contributed by atoms with van der Waals surface area (Å²) in [5.41, 5.74) is 19.1. The summed E-state index contributed by atoms with van der Waals surface area (Å²) in [7, 11) is 0. The minimum absolute atomic E-state index is 0.124. The van der Waals surface area contributed by atoms with E-state index in [1.807, 2.05) is 38.8 Å². The lowest BCUT2D eigenvalue weighted by molar-refractivity contribution is -0.174. The van der Waals surface area contributed by atoms with Gasteiger partial charge in [0.25, 0.3) is 0 Å². The summed E-state index contributed by atoms with van der Waals surface area (Å²) in [6.45, 7) is 21.0. The van der Waals surface area contributed by atoms with E-state index in [9.17, 15) is 46.8 Å². The third kappa shape index (κ3) is 14.9. The molecule has 68 heavy (non-hydrogen) atoms. The van der Waals surface area contributed by atoms with Crippen LogP contribution in [0.3, 0.4) is 0 Å². The van der Waals surface area contributed by atoms with Gasteiger partial charge in [0.2, 0.25) is 18.7 Å². The normalized spacial score (nSPS) is 19.9. The Kier molecular flexibility index (Phi) is 21.7. The number of ketones is 1. The van der Waals surface area contributed by atoms with Crippen LogP contribution in [0.4, 0.5) is 17.6 Å². The highest BCUT2D eigenvalue weighted by Gasteiger charge is 2.62. The summed E-state index contributed by atoms with van der Waals surface area (Å²) in [5.74, 6) is -1.10. The van der Waals surface area contributed by atoms with Crippen molar-refractivity contribution < 1.29 is 50.7 Å². The monoisotopic (exact) mass is 957 g/mol. The summed E-state index contributed by atoms with van der Waals surface area (Å²) >= 11 is 0. The van der Waals surface area contributed by atoms with Crippen molar-refractivity contribution in [1.29, 1.82) is 10.5 Å². The highest BCUT2D eigenvalue weighted by atomic mass is 19.4. The van der Waals surface area contributed by atoms with Gasteiger partial charge in [0.15, 0.2) is 22.6 Å². The minimum atomic E-state index is -4.94. The van der Waals surface area contributed by atoms with Gasteiger partial charge >= 0.3 is 12.1 Å². The van der Waals surface area contributed by atoms with Gasteiger partial charge in [-0.05, 0) is 85.5 Å². The van der Waals surface area contributed by atoms with E-state index in [-0.39, 0.29) is 23.5 Å². The predicted molar refractivity (Wildman–Crippen MR) is 245 cm³/mol. The molecule has 3 aromatic rings. The van der Waals surface area contributed by atoms with E-state index < -0.39 is 47.6 Å². The average Bonchev–Trinajstić information content (AvgIpc) is 3.94. The number of nitrogens with two attached hydrogens (primary N) is 3. The lowest BCUT2D eigenvalue weighted by atomic mass is 9.92. The molecule has 9 N–H and O–H groups in total. The summed E-state index contributed by atoms with van der Waals surface area (Å²) < 4.78 is 54.9. The van der Waals surface area contributed by atoms with Crippen LogP contribution in [-0.2, 0) is 28.8 Å². The number of pyridine rings is 1. The Balaban J connectivity index is 0.000000452. The van der Waals surface area contributed by atoms with Crippen LogP contribution in [-0.4, -0.2) is 88.7 Å². The van der Waals surface area contributed by atoms with Gasteiger partial charge < -0.3 is 47.3 Å². The number of Topliss-reactive ketones (excluding diaryl/α,β-unsaturated/α-hetero) is 1. The number of halogens is 4. The first-order valence-corrected chi connectivity index (χ1v) is 21.1. The molecule has 18 nitrogen and oxygen atoms in total. The molecule has 4 atom stereocenters. The zero-order chi connectivity index (χ0) is 52.5. The Morgan fingerprint density at radius 2 is 1.59 bits per heavy atom. The molecule has 1 aliphatic heterocycles. The zero-order valence-electron chi connectivity index (χ0n) is 40.0. The number of hydrogen-bond donors (Lipinski definition) is 6. The zero-order valence-corrected chi connectivity index (χ0v) is 40.0. The third-order valence-electron chi connectivity index (χ3n) is 11.1. The minimum Gasteiger partial charge on any atom is -0.462 e.